The first-order chi connectivity index (χ1) is 24.4. The van der Waals surface area contributed by atoms with Crippen LogP contribution in [0.5, 0.6) is 0 Å². The molecule has 0 aliphatic carbocycles. The number of Topliss-reactive ketones (excluding diaryl/α,β-unsaturated/α-hetero) is 3. The average Bonchev–Trinajstić information content (AvgIpc) is 3.09. The van der Waals surface area contributed by atoms with Gasteiger partial charge in [0, 0.05) is 83.8 Å². The molecule has 2 N–H and O–H groups in total. The fourth-order valence-electron chi connectivity index (χ4n) is 4.66. The Kier molecular flexibility index (Phi) is 33.5. The van der Waals surface area contributed by atoms with Gasteiger partial charge in [0.1, 0.15) is 13.4 Å². The summed E-state index contributed by atoms with van der Waals surface area (Å²) in [6, 6.07) is -1.81. The molecule has 0 aromatic heterocycles. The molecule has 0 fully saturated rings. The third-order valence-corrected chi connectivity index (χ3v) is 9.45. The molecule has 2 amide bonds. The summed E-state index contributed by atoms with van der Waals surface area (Å²) in [4.78, 5) is 76.3. The zero-order chi connectivity index (χ0) is 38.3. The molecule has 0 saturated carbocycles. The number of amides is 2. The lowest BCUT2D eigenvalue weighted by molar-refractivity contribution is -0.201. The molecule has 0 bridgehead atoms. The first-order valence-electron chi connectivity index (χ1n) is 18.8. The SMILES string of the molecule is C.CCCOCCCC(=O)CCC(NC(=O)CCC(NC(=O)CCOCCOP(=O)([O-])C(C)C)C(=O)CCCOCCC)C(=O)CCCOCCC. The van der Waals surface area contributed by atoms with Crippen molar-refractivity contribution in [3.05, 3.63) is 0 Å². The Labute approximate surface area is 313 Å². The number of ether oxygens (including phenoxy) is 4. The average molecular weight is 766 g/mol. The number of ketones is 3. The number of hydrogen-bond donors (Lipinski definition) is 2. The van der Waals surface area contributed by atoms with E-state index in [9.17, 15) is 33.4 Å². The fraction of sp³-hybridized carbons (Fsp3) is 0.865. The van der Waals surface area contributed by atoms with Gasteiger partial charge in [0.25, 0.3) is 0 Å². The molecule has 0 saturated heterocycles. The van der Waals surface area contributed by atoms with E-state index in [4.69, 9.17) is 23.5 Å². The van der Waals surface area contributed by atoms with Crippen LogP contribution in [0.2, 0.25) is 0 Å². The summed E-state index contributed by atoms with van der Waals surface area (Å²) < 4.78 is 38.3. The third kappa shape index (κ3) is 28.4. The minimum atomic E-state index is -3.97. The van der Waals surface area contributed by atoms with Gasteiger partial charge in [0.15, 0.2) is 11.6 Å². The van der Waals surface area contributed by atoms with Crippen molar-refractivity contribution in [1.29, 1.82) is 0 Å². The van der Waals surface area contributed by atoms with Gasteiger partial charge in [-0.15, -0.1) is 0 Å². The quantitative estimate of drug-likeness (QED) is 0.0650. The zero-order valence-corrected chi connectivity index (χ0v) is 32.7. The highest BCUT2D eigenvalue weighted by Crippen LogP contribution is 2.41. The zero-order valence-electron chi connectivity index (χ0n) is 31.8. The van der Waals surface area contributed by atoms with Crippen molar-refractivity contribution in [2.24, 2.45) is 0 Å². The van der Waals surface area contributed by atoms with Crippen LogP contribution >= 0.6 is 7.60 Å². The van der Waals surface area contributed by atoms with Crippen LogP contribution in [0.4, 0.5) is 0 Å². The summed E-state index contributed by atoms with van der Waals surface area (Å²) in [7, 11) is -3.97. The van der Waals surface area contributed by atoms with E-state index >= 15 is 0 Å². The van der Waals surface area contributed by atoms with E-state index in [2.05, 4.69) is 10.6 Å². The molecule has 0 rings (SSSR count). The third-order valence-electron chi connectivity index (χ3n) is 7.64. The number of rotatable bonds is 36. The van der Waals surface area contributed by atoms with E-state index < -0.39 is 37.2 Å². The lowest BCUT2D eigenvalue weighted by Crippen LogP contribution is -2.44. The monoisotopic (exact) mass is 765 g/mol. The Morgan fingerprint density at radius 3 is 1.44 bits per heavy atom. The van der Waals surface area contributed by atoms with Crippen molar-refractivity contribution in [1.82, 2.24) is 10.6 Å². The fourth-order valence-corrected chi connectivity index (χ4v) is 5.29. The Hall–Kier alpha value is -2.06. The van der Waals surface area contributed by atoms with Crippen molar-refractivity contribution in [3.8, 4) is 0 Å². The largest absolute Gasteiger partial charge is 0.778 e. The highest BCUT2D eigenvalue weighted by Gasteiger charge is 2.25. The van der Waals surface area contributed by atoms with Crippen LogP contribution in [0.3, 0.4) is 0 Å². The summed E-state index contributed by atoms with van der Waals surface area (Å²) in [5.74, 6) is -1.38. The molecule has 306 valence electrons. The van der Waals surface area contributed by atoms with Gasteiger partial charge < -0.3 is 43.6 Å². The van der Waals surface area contributed by atoms with Gasteiger partial charge in [-0.1, -0.05) is 42.0 Å². The van der Waals surface area contributed by atoms with Crippen molar-refractivity contribution in [2.75, 3.05) is 59.5 Å². The van der Waals surface area contributed by atoms with E-state index in [0.29, 0.717) is 65.3 Å². The Morgan fingerprint density at radius 1 is 0.558 bits per heavy atom. The maximum atomic E-state index is 13.1. The molecular formula is C37H70N2O12P-. The highest BCUT2D eigenvalue weighted by molar-refractivity contribution is 7.52. The minimum Gasteiger partial charge on any atom is -0.778 e. The molecule has 52 heavy (non-hydrogen) atoms. The first kappa shape index (κ1) is 52.0. The number of hydrogen-bond acceptors (Lipinski definition) is 12. The molecule has 0 spiro atoms. The molecule has 0 aliphatic rings. The molecular weight excluding hydrogens is 695 g/mol. The summed E-state index contributed by atoms with van der Waals surface area (Å²) in [6.45, 7) is 11.9. The normalized spacial score (nSPS) is 13.5. The maximum Gasteiger partial charge on any atom is 0.222 e. The first-order valence-corrected chi connectivity index (χ1v) is 20.4. The van der Waals surface area contributed by atoms with Crippen LogP contribution in [-0.2, 0) is 52.0 Å². The van der Waals surface area contributed by atoms with Crippen LogP contribution in [0.25, 0.3) is 0 Å². The molecule has 0 heterocycles. The number of nitrogens with one attached hydrogen (secondary N) is 2. The maximum absolute atomic E-state index is 13.1. The molecule has 0 aromatic rings. The molecule has 3 atom stereocenters. The number of carbonyl (C=O) groups is 5. The Morgan fingerprint density at radius 2 is 0.981 bits per heavy atom. The molecule has 15 heteroatoms. The van der Waals surface area contributed by atoms with Gasteiger partial charge >= 0.3 is 0 Å². The van der Waals surface area contributed by atoms with E-state index in [1.165, 1.54) is 13.8 Å². The van der Waals surface area contributed by atoms with Gasteiger partial charge in [-0.3, -0.25) is 24.0 Å². The van der Waals surface area contributed by atoms with Gasteiger partial charge in [-0.25, -0.2) is 0 Å². The lowest BCUT2D eigenvalue weighted by Gasteiger charge is -2.26. The molecule has 3 unspecified atom stereocenters. The van der Waals surface area contributed by atoms with Crippen molar-refractivity contribution < 1.29 is 56.9 Å². The molecule has 14 nitrogen and oxygen atoms in total. The second-order valence-corrected chi connectivity index (χ2v) is 15.1. The summed E-state index contributed by atoms with van der Waals surface area (Å²) in [6.07, 6.45) is 4.91. The van der Waals surface area contributed by atoms with Gasteiger partial charge in [-0.05, 0) is 51.4 Å². The van der Waals surface area contributed by atoms with Crippen molar-refractivity contribution in [2.45, 2.75) is 150 Å². The standard InChI is InChI=1S/C36H67N2O12P.CH4/c1-6-20-46-23-9-12-30(39)15-16-31(33(40)13-10-24-47-21-7-2)37-35(42)18-17-32(34(41)14-11-25-48-22-8-3)38-36(43)19-26-49-27-28-50-51(44,45)29(4)5;/h29,31-32H,6-28H2,1-5H3,(H,37,42)(H,38,43)(H,44,45);1H4/p-1. The molecule has 0 aromatic carbocycles. The predicted molar refractivity (Wildman–Crippen MR) is 199 cm³/mol. The Balaban J connectivity index is 0. The summed E-state index contributed by atoms with van der Waals surface area (Å²) in [5, 5.41) is 5.47. The second-order valence-electron chi connectivity index (χ2n) is 12.8. The van der Waals surface area contributed by atoms with Crippen LogP contribution in [0, 0.1) is 0 Å². The Bertz CT molecular complexity index is 1030. The highest BCUT2D eigenvalue weighted by atomic mass is 31.2. The molecule has 0 aliphatic heterocycles. The van der Waals surface area contributed by atoms with E-state index in [-0.39, 0.29) is 89.5 Å². The smallest absolute Gasteiger partial charge is 0.222 e. The van der Waals surface area contributed by atoms with Crippen LogP contribution < -0.4 is 15.5 Å². The van der Waals surface area contributed by atoms with Crippen LogP contribution in [0.15, 0.2) is 0 Å². The summed E-state index contributed by atoms with van der Waals surface area (Å²) in [5.41, 5.74) is -0.658. The second kappa shape index (κ2) is 33.5. The van der Waals surface area contributed by atoms with E-state index in [1.54, 1.807) is 0 Å². The van der Waals surface area contributed by atoms with Crippen LogP contribution in [0.1, 0.15) is 132 Å². The number of carbonyl (C=O) groups excluding carboxylic acids is 5. The van der Waals surface area contributed by atoms with Gasteiger partial charge in [0.2, 0.25) is 11.8 Å². The lowest BCUT2D eigenvalue weighted by atomic mass is 9.99. The van der Waals surface area contributed by atoms with Crippen molar-refractivity contribution >= 4 is 36.8 Å². The van der Waals surface area contributed by atoms with Crippen LogP contribution in [-0.4, -0.2) is 106 Å². The topological polar surface area (TPSA) is 196 Å². The van der Waals surface area contributed by atoms with E-state index in [0.717, 1.165) is 19.3 Å². The van der Waals surface area contributed by atoms with Gasteiger partial charge in [0.05, 0.1) is 31.9 Å². The van der Waals surface area contributed by atoms with Crippen molar-refractivity contribution in [3.63, 3.8) is 0 Å². The van der Waals surface area contributed by atoms with E-state index in [1.807, 2.05) is 20.8 Å². The summed E-state index contributed by atoms with van der Waals surface area (Å²) >= 11 is 0. The molecule has 0 radical (unpaired) electrons. The van der Waals surface area contributed by atoms with Gasteiger partial charge in [-0.2, -0.15) is 0 Å². The predicted octanol–water partition coefficient (Wildman–Crippen LogP) is 4.87. The minimum absolute atomic E-state index is 0.